The van der Waals surface area contributed by atoms with Crippen LogP contribution < -0.4 is 25.6 Å². The number of halogens is 1. The molecule has 182 valence electrons. The van der Waals surface area contributed by atoms with Crippen molar-refractivity contribution in [2.24, 2.45) is 5.90 Å². The van der Waals surface area contributed by atoms with E-state index in [9.17, 15) is 9.18 Å². The third kappa shape index (κ3) is 4.59. The van der Waals surface area contributed by atoms with E-state index >= 15 is 0 Å². The Morgan fingerprint density at radius 3 is 2.86 bits per heavy atom. The number of hydrogen-bond acceptors (Lipinski definition) is 8. The first-order chi connectivity index (χ1) is 17.1. The monoisotopic (exact) mass is 478 g/mol. The Labute approximate surface area is 202 Å². The molecule has 0 bridgehead atoms. The molecule has 5 rings (SSSR count). The standard InChI is InChI=1S/C26H27FN4O4/c1-2-10-31(24-9-6-17(27)13-29-24)22-5-3-4-20-21(15-34-26(20)22)30-18-7-8-19-16(11-25(32)35-28)14-33-23(19)12-18/h3-9,12-13,16,21,30H,2,10-11,14-15,28H2,1H3/t16-,21-/m1/s1. The van der Waals surface area contributed by atoms with Crippen LogP contribution in [-0.4, -0.2) is 30.7 Å². The van der Waals surface area contributed by atoms with Crippen LogP contribution in [0.1, 0.15) is 42.9 Å². The van der Waals surface area contributed by atoms with Gasteiger partial charge in [0.2, 0.25) is 0 Å². The molecule has 8 nitrogen and oxygen atoms in total. The quantitative estimate of drug-likeness (QED) is 0.454. The Morgan fingerprint density at radius 1 is 1.20 bits per heavy atom. The number of benzene rings is 2. The molecule has 1 aromatic heterocycles. The summed E-state index contributed by atoms with van der Waals surface area (Å²) in [5.74, 6) is 6.29. The molecule has 0 aliphatic carbocycles. The molecular weight excluding hydrogens is 451 g/mol. The Kier molecular flexibility index (Phi) is 6.41. The summed E-state index contributed by atoms with van der Waals surface area (Å²) in [7, 11) is 0. The maximum Gasteiger partial charge on any atom is 0.325 e. The van der Waals surface area contributed by atoms with E-state index in [0.717, 1.165) is 47.0 Å². The second kappa shape index (κ2) is 9.79. The molecule has 2 aromatic carbocycles. The van der Waals surface area contributed by atoms with E-state index in [2.05, 4.69) is 27.0 Å². The van der Waals surface area contributed by atoms with Gasteiger partial charge in [0.05, 0.1) is 31.0 Å². The fourth-order valence-electron chi connectivity index (χ4n) is 4.66. The summed E-state index contributed by atoms with van der Waals surface area (Å²) in [6.07, 6.45) is 2.30. The van der Waals surface area contributed by atoms with Crippen molar-refractivity contribution in [1.29, 1.82) is 0 Å². The SMILES string of the molecule is CCCN(c1ccc(F)cn1)c1cccc2c1OC[C@H]2Nc1ccc2c(c1)OC[C@H]2CC(=O)ON. The number of rotatable bonds is 8. The first kappa shape index (κ1) is 22.9. The van der Waals surface area contributed by atoms with Gasteiger partial charge in [0.25, 0.3) is 0 Å². The minimum atomic E-state index is -0.461. The molecule has 0 radical (unpaired) electrons. The zero-order chi connectivity index (χ0) is 24.4. The van der Waals surface area contributed by atoms with E-state index in [-0.39, 0.29) is 24.2 Å². The molecule has 2 aliphatic heterocycles. The third-order valence-corrected chi connectivity index (χ3v) is 6.30. The highest BCUT2D eigenvalue weighted by Gasteiger charge is 2.30. The minimum Gasteiger partial charge on any atom is -0.493 e. The van der Waals surface area contributed by atoms with Crippen LogP contribution in [-0.2, 0) is 9.63 Å². The third-order valence-electron chi connectivity index (χ3n) is 6.30. The van der Waals surface area contributed by atoms with Gasteiger partial charge in [-0.05, 0) is 30.7 Å². The molecule has 9 heteroatoms. The van der Waals surface area contributed by atoms with Gasteiger partial charge in [0, 0.05) is 35.3 Å². The van der Waals surface area contributed by atoms with Crippen LogP contribution in [0.3, 0.4) is 0 Å². The number of aromatic nitrogens is 1. The second-order valence-corrected chi connectivity index (χ2v) is 8.64. The molecule has 35 heavy (non-hydrogen) atoms. The van der Waals surface area contributed by atoms with Crippen molar-refractivity contribution in [2.75, 3.05) is 30.0 Å². The summed E-state index contributed by atoms with van der Waals surface area (Å²) in [6, 6.07) is 15.0. The van der Waals surface area contributed by atoms with Gasteiger partial charge in [0.15, 0.2) is 0 Å². The lowest BCUT2D eigenvalue weighted by Crippen LogP contribution is -2.19. The summed E-state index contributed by atoms with van der Waals surface area (Å²) in [5, 5.41) is 3.54. The van der Waals surface area contributed by atoms with Crippen molar-refractivity contribution < 1.29 is 23.5 Å². The van der Waals surface area contributed by atoms with Gasteiger partial charge in [0.1, 0.15) is 29.7 Å². The molecular formula is C26H27FN4O4. The van der Waals surface area contributed by atoms with Crippen LogP contribution in [0.5, 0.6) is 11.5 Å². The molecule has 0 fully saturated rings. The molecule has 2 atom stereocenters. The number of hydrogen-bond donors (Lipinski definition) is 2. The van der Waals surface area contributed by atoms with Gasteiger partial charge >= 0.3 is 5.97 Å². The molecule has 3 heterocycles. The predicted octanol–water partition coefficient (Wildman–Crippen LogP) is 4.60. The van der Waals surface area contributed by atoms with Gasteiger partial charge < -0.3 is 24.5 Å². The highest BCUT2D eigenvalue weighted by molar-refractivity contribution is 5.72. The average molecular weight is 479 g/mol. The number of pyridine rings is 1. The second-order valence-electron chi connectivity index (χ2n) is 8.64. The number of para-hydroxylation sites is 1. The minimum absolute atomic E-state index is 0.0583. The number of ether oxygens (including phenoxy) is 2. The summed E-state index contributed by atoms with van der Waals surface area (Å²) >= 11 is 0. The molecule has 2 aliphatic rings. The van der Waals surface area contributed by atoms with Crippen molar-refractivity contribution in [3.63, 3.8) is 0 Å². The van der Waals surface area contributed by atoms with Crippen LogP contribution in [0.25, 0.3) is 0 Å². The van der Waals surface area contributed by atoms with Crippen LogP contribution in [0.15, 0.2) is 54.7 Å². The highest BCUT2D eigenvalue weighted by atomic mass is 19.1. The van der Waals surface area contributed by atoms with Crippen molar-refractivity contribution >= 4 is 23.2 Å². The summed E-state index contributed by atoms with van der Waals surface area (Å²) in [6.45, 7) is 3.69. The van der Waals surface area contributed by atoms with Gasteiger partial charge in [-0.15, -0.1) is 0 Å². The van der Waals surface area contributed by atoms with Crippen LogP contribution in [0, 0.1) is 5.82 Å². The Morgan fingerprint density at radius 2 is 2.09 bits per heavy atom. The number of anilines is 3. The topological polar surface area (TPSA) is 98.9 Å². The Balaban J connectivity index is 1.37. The van der Waals surface area contributed by atoms with E-state index in [1.54, 1.807) is 6.07 Å². The molecule has 0 saturated carbocycles. The smallest absolute Gasteiger partial charge is 0.325 e. The van der Waals surface area contributed by atoms with Crippen molar-refractivity contribution in [2.45, 2.75) is 31.7 Å². The number of nitrogens with two attached hydrogens (primary N) is 1. The maximum atomic E-state index is 13.4. The lowest BCUT2D eigenvalue weighted by atomic mass is 9.97. The Hall–Kier alpha value is -3.85. The van der Waals surface area contributed by atoms with E-state index < -0.39 is 5.97 Å². The molecule has 3 N–H and O–H groups in total. The number of fused-ring (bicyclic) bond motifs is 2. The molecule has 3 aromatic rings. The zero-order valence-corrected chi connectivity index (χ0v) is 19.4. The molecule has 0 spiro atoms. The van der Waals surface area contributed by atoms with Crippen LogP contribution in [0.2, 0.25) is 0 Å². The molecule has 0 unspecified atom stereocenters. The average Bonchev–Trinajstić information content (AvgIpc) is 3.47. The van der Waals surface area contributed by atoms with Crippen molar-refractivity contribution in [1.82, 2.24) is 4.98 Å². The summed E-state index contributed by atoms with van der Waals surface area (Å²) in [5.41, 5.74) is 3.80. The van der Waals surface area contributed by atoms with E-state index in [4.69, 9.17) is 15.4 Å². The fourth-order valence-corrected chi connectivity index (χ4v) is 4.66. The van der Waals surface area contributed by atoms with Gasteiger partial charge in [-0.25, -0.2) is 9.37 Å². The van der Waals surface area contributed by atoms with Gasteiger partial charge in [-0.2, -0.15) is 5.90 Å². The lowest BCUT2D eigenvalue weighted by Gasteiger charge is -2.25. The first-order valence-corrected chi connectivity index (χ1v) is 11.6. The molecule has 0 amide bonds. The van der Waals surface area contributed by atoms with Crippen LogP contribution in [0.4, 0.5) is 21.6 Å². The molecule has 0 saturated heterocycles. The number of nitrogens with zero attached hydrogens (tertiary/aromatic N) is 2. The summed E-state index contributed by atoms with van der Waals surface area (Å²) < 4.78 is 25.4. The highest BCUT2D eigenvalue weighted by Crippen LogP contribution is 2.44. The van der Waals surface area contributed by atoms with Gasteiger partial charge in [-0.3, -0.25) is 4.79 Å². The van der Waals surface area contributed by atoms with Crippen molar-refractivity contribution in [3.05, 3.63) is 71.7 Å². The number of carbonyl (C=O) groups excluding carboxylic acids is 1. The Bertz CT molecular complexity index is 1220. The maximum absolute atomic E-state index is 13.4. The summed E-state index contributed by atoms with van der Waals surface area (Å²) in [4.78, 5) is 22.2. The normalized spacial score (nSPS) is 17.7. The number of carbonyl (C=O) groups is 1. The fraction of sp³-hybridized carbons (Fsp3) is 0.308. The zero-order valence-electron chi connectivity index (χ0n) is 19.4. The van der Waals surface area contributed by atoms with Gasteiger partial charge in [-0.1, -0.05) is 25.1 Å². The largest absolute Gasteiger partial charge is 0.493 e. The van der Waals surface area contributed by atoms with E-state index in [1.165, 1.54) is 12.3 Å². The van der Waals surface area contributed by atoms with E-state index in [0.29, 0.717) is 19.0 Å². The van der Waals surface area contributed by atoms with E-state index in [1.807, 2.05) is 36.4 Å². The van der Waals surface area contributed by atoms with Crippen LogP contribution >= 0.6 is 0 Å². The lowest BCUT2D eigenvalue weighted by molar-refractivity contribution is -0.144. The predicted molar refractivity (Wildman–Crippen MR) is 129 cm³/mol. The van der Waals surface area contributed by atoms with Crippen molar-refractivity contribution in [3.8, 4) is 11.5 Å². The number of nitrogens with one attached hydrogen (secondary N) is 1. The first-order valence-electron chi connectivity index (χ1n) is 11.6.